The lowest BCUT2D eigenvalue weighted by atomic mass is 10.1. The van der Waals surface area contributed by atoms with E-state index in [4.69, 9.17) is 11.6 Å². The highest BCUT2D eigenvalue weighted by Gasteiger charge is 2.39. The van der Waals surface area contributed by atoms with E-state index in [1.165, 1.54) is 0 Å². The number of carbonyl (C=O) groups excluding carboxylic acids is 2. The maximum atomic E-state index is 12.2. The van der Waals surface area contributed by atoms with Crippen molar-refractivity contribution in [2.75, 3.05) is 5.32 Å². The topological polar surface area (TPSA) is 58.2 Å². The molecule has 1 aliphatic carbocycles. The third-order valence-electron chi connectivity index (χ3n) is 4.23. The highest BCUT2D eigenvalue weighted by Crippen LogP contribution is 2.38. The molecule has 0 heterocycles. The van der Waals surface area contributed by atoms with Gasteiger partial charge in [0, 0.05) is 28.7 Å². The molecule has 2 atom stereocenters. The predicted octanol–water partition coefficient (Wildman–Crippen LogP) is 3.86. The molecule has 0 radical (unpaired) electrons. The van der Waals surface area contributed by atoms with Gasteiger partial charge in [-0.3, -0.25) is 9.59 Å². The van der Waals surface area contributed by atoms with Crippen LogP contribution in [0.5, 0.6) is 0 Å². The van der Waals surface area contributed by atoms with Gasteiger partial charge in [-0.2, -0.15) is 0 Å². The van der Waals surface area contributed by atoms with Gasteiger partial charge in [0.25, 0.3) is 5.91 Å². The number of anilines is 1. The van der Waals surface area contributed by atoms with Gasteiger partial charge in [-0.1, -0.05) is 30.7 Å². The molecule has 0 aliphatic heterocycles. The van der Waals surface area contributed by atoms with E-state index < -0.39 is 0 Å². The minimum absolute atomic E-state index is 0.0578. The summed E-state index contributed by atoms with van der Waals surface area (Å²) in [6.07, 6.45) is 0.955. The van der Waals surface area contributed by atoms with Crippen molar-refractivity contribution in [2.45, 2.75) is 19.9 Å². The zero-order valence-electron chi connectivity index (χ0n) is 13.4. The van der Waals surface area contributed by atoms with Gasteiger partial charge in [-0.05, 0) is 54.3 Å². The standard InChI is InChI=1S/C19H19ClN2O2/c1-12-10-17(12)19(24)22-16-8-4-14(5-9-16)18(23)21-11-13-2-6-15(20)7-3-13/h2-9,12,17H,10-11H2,1H3,(H,21,23)(H,22,24). The Bertz CT molecular complexity index is 741. The van der Waals surface area contributed by atoms with Crippen LogP contribution in [0.2, 0.25) is 5.02 Å². The van der Waals surface area contributed by atoms with Gasteiger partial charge < -0.3 is 10.6 Å². The van der Waals surface area contributed by atoms with E-state index in [0.717, 1.165) is 12.0 Å². The Morgan fingerprint density at radius 3 is 2.29 bits per heavy atom. The second-order valence-corrected chi connectivity index (χ2v) is 6.63. The first kappa shape index (κ1) is 16.5. The number of carbonyl (C=O) groups is 2. The Labute approximate surface area is 146 Å². The number of halogens is 1. The molecule has 5 heteroatoms. The van der Waals surface area contributed by atoms with Gasteiger partial charge in [0.05, 0.1) is 0 Å². The highest BCUT2D eigenvalue weighted by molar-refractivity contribution is 6.30. The van der Waals surface area contributed by atoms with Crippen molar-refractivity contribution >= 4 is 29.1 Å². The molecule has 2 aromatic rings. The lowest BCUT2D eigenvalue weighted by Gasteiger charge is -2.08. The molecule has 2 N–H and O–H groups in total. The van der Waals surface area contributed by atoms with Crippen LogP contribution in [0.15, 0.2) is 48.5 Å². The van der Waals surface area contributed by atoms with Crippen LogP contribution in [0.1, 0.15) is 29.3 Å². The molecular weight excluding hydrogens is 324 g/mol. The van der Waals surface area contributed by atoms with Crippen LogP contribution in [-0.2, 0) is 11.3 Å². The fraction of sp³-hybridized carbons (Fsp3) is 0.263. The molecule has 1 fully saturated rings. The molecule has 3 rings (SSSR count). The summed E-state index contributed by atoms with van der Waals surface area (Å²) in [6, 6.07) is 14.3. The van der Waals surface area contributed by atoms with Gasteiger partial charge in [-0.25, -0.2) is 0 Å². The van der Waals surface area contributed by atoms with Crippen molar-refractivity contribution < 1.29 is 9.59 Å². The zero-order chi connectivity index (χ0) is 17.1. The summed E-state index contributed by atoms with van der Waals surface area (Å²) in [7, 11) is 0. The zero-order valence-corrected chi connectivity index (χ0v) is 14.1. The molecule has 124 valence electrons. The van der Waals surface area contributed by atoms with Crippen LogP contribution >= 0.6 is 11.6 Å². The van der Waals surface area contributed by atoms with E-state index >= 15 is 0 Å². The fourth-order valence-corrected chi connectivity index (χ4v) is 2.64. The molecule has 24 heavy (non-hydrogen) atoms. The molecule has 4 nitrogen and oxygen atoms in total. The Morgan fingerprint density at radius 1 is 1.08 bits per heavy atom. The second-order valence-electron chi connectivity index (χ2n) is 6.20. The van der Waals surface area contributed by atoms with Crippen LogP contribution in [0.25, 0.3) is 0 Å². The molecular formula is C19H19ClN2O2. The van der Waals surface area contributed by atoms with Crippen LogP contribution < -0.4 is 10.6 Å². The minimum atomic E-state index is -0.154. The van der Waals surface area contributed by atoms with Crippen molar-refractivity contribution in [3.8, 4) is 0 Å². The van der Waals surface area contributed by atoms with E-state index in [2.05, 4.69) is 17.6 Å². The normalized spacial score (nSPS) is 18.8. The Balaban J connectivity index is 1.53. The summed E-state index contributed by atoms with van der Waals surface area (Å²) >= 11 is 5.84. The van der Waals surface area contributed by atoms with Crippen molar-refractivity contribution in [3.05, 3.63) is 64.7 Å². The third kappa shape index (κ3) is 4.15. The van der Waals surface area contributed by atoms with E-state index in [9.17, 15) is 9.59 Å². The summed E-state index contributed by atoms with van der Waals surface area (Å²) in [6.45, 7) is 2.51. The SMILES string of the molecule is CC1CC1C(=O)Nc1ccc(C(=O)NCc2ccc(Cl)cc2)cc1. The largest absolute Gasteiger partial charge is 0.348 e. The first-order valence-corrected chi connectivity index (χ1v) is 8.34. The summed E-state index contributed by atoms with van der Waals surface area (Å²) in [5.74, 6) is 0.511. The van der Waals surface area contributed by atoms with Crippen LogP contribution in [0.4, 0.5) is 5.69 Å². The average molecular weight is 343 g/mol. The smallest absolute Gasteiger partial charge is 0.251 e. The first-order chi connectivity index (χ1) is 11.5. The second kappa shape index (κ2) is 7.05. The number of nitrogens with one attached hydrogen (secondary N) is 2. The van der Waals surface area contributed by atoms with Crippen LogP contribution in [-0.4, -0.2) is 11.8 Å². The van der Waals surface area contributed by atoms with Gasteiger partial charge in [0.1, 0.15) is 0 Å². The van der Waals surface area contributed by atoms with Gasteiger partial charge >= 0.3 is 0 Å². The highest BCUT2D eigenvalue weighted by atomic mass is 35.5. The lowest BCUT2D eigenvalue weighted by molar-refractivity contribution is -0.117. The fourth-order valence-electron chi connectivity index (χ4n) is 2.51. The molecule has 0 bridgehead atoms. The molecule has 0 aromatic heterocycles. The molecule has 0 spiro atoms. The van der Waals surface area contributed by atoms with Crippen LogP contribution in [0, 0.1) is 11.8 Å². The number of hydrogen-bond donors (Lipinski definition) is 2. The van der Waals surface area contributed by atoms with Crippen LogP contribution in [0.3, 0.4) is 0 Å². The molecule has 0 saturated heterocycles. The Kier molecular flexibility index (Phi) is 4.86. The van der Waals surface area contributed by atoms with E-state index in [1.807, 2.05) is 12.1 Å². The van der Waals surface area contributed by atoms with Crippen molar-refractivity contribution in [3.63, 3.8) is 0 Å². The van der Waals surface area contributed by atoms with E-state index in [1.54, 1.807) is 36.4 Å². The monoisotopic (exact) mass is 342 g/mol. The lowest BCUT2D eigenvalue weighted by Crippen LogP contribution is -2.22. The van der Waals surface area contributed by atoms with Crippen molar-refractivity contribution in [1.82, 2.24) is 5.32 Å². The number of amides is 2. The third-order valence-corrected chi connectivity index (χ3v) is 4.48. The quantitative estimate of drug-likeness (QED) is 0.866. The first-order valence-electron chi connectivity index (χ1n) is 7.96. The molecule has 2 unspecified atom stereocenters. The maximum Gasteiger partial charge on any atom is 0.251 e. The summed E-state index contributed by atoms with van der Waals surface area (Å²) in [4.78, 5) is 24.0. The number of hydrogen-bond acceptors (Lipinski definition) is 2. The van der Waals surface area contributed by atoms with Gasteiger partial charge in [0.15, 0.2) is 0 Å². The number of benzene rings is 2. The van der Waals surface area contributed by atoms with E-state index in [-0.39, 0.29) is 17.7 Å². The maximum absolute atomic E-state index is 12.2. The Hall–Kier alpha value is -2.33. The summed E-state index contributed by atoms with van der Waals surface area (Å²) in [5.41, 5.74) is 2.25. The van der Waals surface area contributed by atoms with E-state index in [0.29, 0.717) is 28.7 Å². The predicted molar refractivity (Wildman–Crippen MR) is 95.0 cm³/mol. The molecule has 1 saturated carbocycles. The summed E-state index contributed by atoms with van der Waals surface area (Å²) in [5, 5.41) is 6.41. The number of rotatable bonds is 5. The van der Waals surface area contributed by atoms with Gasteiger partial charge in [-0.15, -0.1) is 0 Å². The minimum Gasteiger partial charge on any atom is -0.348 e. The van der Waals surface area contributed by atoms with Crippen molar-refractivity contribution in [1.29, 1.82) is 0 Å². The summed E-state index contributed by atoms with van der Waals surface area (Å²) < 4.78 is 0. The average Bonchev–Trinajstić information content (AvgIpc) is 3.32. The molecule has 2 amide bonds. The molecule has 2 aromatic carbocycles. The van der Waals surface area contributed by atoms with Gasteiger partial charge in [0.2, 0.25) is 5.91 Å². The molecule has 1 aliphatic rings. The Morgan fingerprint density at radius 2 is 1.71 bits per heavy atom. The van der Waals surface area contributed by atoms with Crippen molar-refractivity contribution in [2.24, 2.45) is 11.8 Å².